The average Bonchev–Trinajstić information content (AvgIpc) is 2.95. The van der Waals surface area contributed by atoms with Gasteiger partial charge in [-0.2, -0.15) is 0 Å². The van der Waals surface area contributed by atoms with Crippen molar-refractivity contribution in [2.75, 3.05) is 31.7 Å². The standard InChI is InChI=1S/C16H25N3OS/c1-20-7-6-17-9-14-15(12-3-4-12)18-16(21-14)19-10-11-2-5-13(19)8-11/h11-13,17H,2-10H2,1H3. The Kier molecular flexibility index (Phi) is 3.90. The minimum Gasteiger partial charge on any atom is -0.383 e. The lowest BCUT2D eigenvalue weighted by Gasteiger charge is -2.26. The van der Waals surface area contributed by atoms with Crippen LogP contribution in [0.2, 0.25) is 0 Å². The van der Waals surface area contributed by atoms with Crippen LogP contribution in [0.4, 0.5) is 5.13 Å². The number of nitrogens with one attached hydrogen (secondary N) is 1. The highest BCUT2D eigenvalue weighted by atomic mass is 32.1. The van der Waals surface area contributed by atoms with Crippen molar-refractivity contribution in [2.24, 2.45) is 5.92 Å². The number of piperidine rings is 1. The summed E-state index contributed by atoms with van der Waals surface area (Å²) in [6.45, 7) is 3.90. The van der Waals surface area contributed by atoms with Gasteiger partial charge in [0.05, 0.1) is 12.3 Å². The lowest BCUT2D eigenvalue weighted by atomic mass is 10.1. The van der Waals surface area contributed by atoms with Crippen LogP contribution in [0.15, 0.2) is 0 Å². The van der Waals surface area contributed by atoms with Crippen LogP contribution in [-0.4, -0.2) is 37.8 Å². The van der Waals surface area contributed by atoms with E-state index in [1.807, 2.05) is 11.3 Å². The van der Waals surface area contributed by atoms with Gasteiger partial charge in [0.15, 0.2) is 5.13 Å². The van der Waals surface area contributed by atoms with Gasteiger partial charge in [0.25, 0.3) is 0 Å². The van der Waals surface area contributed by atoms with Crippen molar-refractivity contribution in [1.29, 1.82) is 0 Å². The second kappa shape index (κ2) is 5.86. The lowest BCUT2D eigenvalue weighted by Crippen LogP contribution is -2.31. The first-order chi connectivity index (χ1) is 10.3. The van der Waals surface area contributed by atoms with E-state index in [0.29, 0.717) is 0 Å². The Labute approximate surface area is 130 Å². The number of anilines is 1. The third-order valence-corrected chi connectivity index (χ3v) is 6.21. The molecule has 2 aliphatic carbocycles. The van der Waals surface area contributed by atoms with Crippen LogP contribution in [0.5, 0.6) is 0 Å². The highest BCUT2D eigenvalue weighted by molar-refractivity contribution is 7.15. The van der Waals surface area contributed by atoms with E-state index < -0.39 is 0 Å². The zero-order valence-corrected chi connectivity index (χ0v) is 13.6. The minimum absolute atomic E-state index is 0.744. The number of hydrogen-bond acceptors (Lipinski definition) is 5. The molecule has 2 atom stereocenters. The molecule has 0 spiro atoms. The van der Waals surface area contributed by atoms with Crippen molar-refractivity contribution in [3.63, 3.8) is 0 Å². The summed E-state index contributed by atoms with van der Waals surface area (Å²) in [5.74, 6) is 1.68. The molecule has 0 radical (unpaired) electrons. The summed E-state index contributed by atoms with van der Waals surface area (Å²) < 4.78 is 5.11. The van der Waals surface area contributed by atoms with Gasteiger partial charge in [0, 0.05) is 43.6 Å². The number of nitrogens with zero attached hydrogens (tertiary/aromatic N) is 2. The molecule has 3 fully saturated rings. The van der Waals surface area contributed by atoms with E-state index in [9.17, 15) is 0 Å². The highest BCUT2D eigenvalue weighted by Gasteiger charge is 2.40. The lowest BCUT2D eigenvalue weighted by molar-refractivity contribution is 0.199. The summed E-state index contributed by atoms with van der Waals surface area (Å²) in [4.78, 5) is 9.11. The summed E-state index contributed by atoms with van der Waals surface area (Å²) in [6.07, 6.45) is 6.89. The van der Waals surface area contributed by atoms with Crippen molar-refractivity contribution in [2.45, 2.75) is 50.6 Å². The van der Waals surface area contributed by atoms with Crippen LogP contribution in [0.25, 0.3) is 0 Å². The Hall–Kier alpha value is -0.650. The maximum absolute atomic E-state index is 5.11. The average molecular weight is 307 g/mol. The SMILES string of the molecule is COCCNCc1sc(N2CC3CCC2C3)nc1C1CC1. The Morgan fingerprint density at radius 1 is 1.33 bits per heavy atom. The molecular formula is C16H25N3OS. The second-order valence-electron chi connectivity index (χ2n) is 6.73. The first kappa shape index (κ1) is 14.0. The third-order valence-electron chi connectivity index (χ3n) is 5.10. The fourth-order valence-corrected chi connectivity index (χ4v) is 5.01. The van der Waals surface area contributed by atoms with Crippen molar-refractivity contribution in [3.05, 3.63) is 10.6 Å². The predicted molar refractivity (Wildman–Crippen MR) is 86.1 cm³/mol. The van der Waals surface area contributed by atoms with Crippen LogP contribution in [0.1, 0.15) is 48.6 Å². The van der Waals surface area contributed by atoms with E-state index >= 15 is 0 Å². The molecule has 2 saturated carbocycles. The van der Waals surface area contributed by atoms with Crippen molar-refractivity contribution >= 4 is 16.5 Å². The first-order valence-electron chi connectivity index (χ1n) is 8.31. The third kappa shape index (κ3) is 2.83. The number of hydrogen-bond donors (Lipinski definition) is 1. The van der Waals surface area contributed by atoms with Gasteiger partial charge in [0.2, 0.25) is 0 Å². The van der Waals surface area contributed by atoms with E-state index in [1.54, 1.807) is 7.11 Å². The molecule has 2 heterocycles. The van der Waals surface area contributed by atoms with E-state index in [1.165, 1.54) is 54.4 Å². The summed E-state index contributed by atoms with van der Waals surface area (Å²) in [7, 11) is 1.75. The number of fused-ring (bicyclic) bond motifs is 2. The number of ether oxygens (including phenoxy) is 1. The normalized spacial score (nSPS) is 27.8. The Morgan fingerprint density at radius 3 is 2.90 bits per heavy atom. The van der Waals surface area contributed by atoms with E-state index in [0.717, 1.165) is 37.6 Å². The van der Waals surface area contributed by atoms with Gasteiger partial charge in [-0.1, -0.05) is 0 Å². The monoisotopic (exact) mass is 307 g/mol. The Bertz CT molecular complexity index is 500. The highest BCUT2D eigenvalue weighted by Crippen LogP contribution is 2.47. The molecule has 2 bridgehead atoms. The van der Waals surface area contributed by atoms with E-state index in [-0.39, 0.29) is 0 Å². The zero-order chi connectivity index (χ0) is 14.2. The largest absolute Gasteiger partial charge is 0.383 e. The predicted octanol–water partition coefficient (Wildman–Crippen LogP) is 2.75. The summed E-state index contributed by atoms with van der Waals surface area (Å²) in [6, 6.07) is 0.780. The maximum Gasteiger partial charge on any atom is 0.186 e. The van der Waals surface area contributed by atoms with Gasteiger partial charge < -0.3 is 15.0 Å². The number of methoxy groups -OCH3 is 1. The molecule has 1 saturated heterocycles. The smallest absolute Gasteiger partial charge is 0.186 e. The number of aromatic nitrogens is 1. The second-order valence-corrected chi connectivity index (χ2v) is 7.80. The molecular weight excluding hydrogens is 282 g/mol. The molecule has 4 rings (SSSR count). The molecule has 4 nitrogen and oxygen atoms in total. The fourth-order valence-electron chi connectivity index (χ4n) is 3.81. The molecule has 1 aromatic rings. The molecule has 5 heteroatoms. The van der Waals surface area contributed by atoms with Crippen LogP contribution < -0.4 is 10.2 Å². The molecule has 1 aromatic heterocycles. The Morgan fingerprint density at radius 2 is 2.24 bits per heavy atom. The van der Waals surface area contributed by atoms with Crippen LogP contribution in [0, 0.1) is 5.92 Å². The molecule has 0 aromatic carbocycles. The zero-order valence-electron chi connectivity index (χ0n) is 12.8. The van der Waals surface area contributed by atoms with Gasteiger partial charge in [-0.15, -0.1) is 11.3 Å². The van der Waals surface area contributed by atoms with Gasteiger partial charge >= 0.3 is 0 Å². The van der Waals surface area contributed by atoms with Crippen LogP contribution in [0.3, 0.4) is 0 Å². The minimum atomic E-state index is 0.744. The van der Waals surface area contributed by atoms with Crippen molar-refractivity contribution in [3.8, 4) is 0 Å². The van der Waals surface area contributed by atoms with E-state index in [4.69, 9.17) is 9.72 Å². The maximum atomic E-state index is 5.11. The quantitative estimate of drug-likeness (QED) is 0.786. The molecule has 3 aliphatic rings. The van der Waals surface area contributed by atoms with Crippen molar-refractivity contribution < 1.29 is 4.74 Å². The van der Waals surface area contributed by atoms with Crippen molar-refractivity contribution in [1.82, 2.24) is 10.3 Å². The number of rotatable bonds is 7. The molecule has 21 heavy (non-hydrogen) atoms. The van der Waals surface area contributed by atoms with Gasteiger partial charge in [0.1, 0.15) is 0 Å². The summed E-state index contributed by atoms with van der Waals surface area (Å²) >= 11 is 1.93. The summed E-state index contributed by atoms with van der Waals surface area (Å²) in [5, 5.41) is 4.79. The Balaban J connectivity index is 1.47. The summed E-state index contributed by atoms with van der Waals surface area (Å²) in [5.41, 5.74) is 1.39. The van der Waals surface area contributed by atoms with Gasteiger partial charge in [-0.05, 0) is 38.0 Å². The molecule has 0 amide bonds. The topological polar surface area (TPSA) is 37.4 Å². The van der Waals surface area contributed by atoms with Gasteiger partial charge in [-0.25, -0.2) is 4.98 Å². The van der Waals surface area contributed by atoms with Gasteiger partial charge in [-0.3, -0.25) is 0 Å². The number of thiazole rings is 1. The molecule has 116 valence electrons. The van der Waals surface area contributed by atoms with Crippen LogP contribution >= 0.6 is 11.3 Å². The van der Waals surface area contributed by atoms with E-state index in [2.05, 4.69) is 10.2 Å². The molecule has 2 unspecified atom stereocenters. The fraction of sp³-hybridized carbons (Fsp3) is 0.812. The first-order valence-corrected chi connectivity index (χ1v) is 9.12. The molecule has 1 N–H and O–H groups in total. The van der Waals surface area contributed by atoms with Crippen LogP contribution in [-0.2, 0) is 11.3 Å². The molecule has 1 aliphatic heterocycles.